The number of ether oxygens (including phenoxy) is 1. The average Bonchev–Trinajstić information content (AvgIpc) is 2.86. The first-order valence-corrected chi connectivity index (χ1v) is 6.95. The molecule has 1 aromatic rings. The van der Waals surface area contributed by atoms with Gasteiger partial charge in [0.1, 0.15) is 11.9 Å². The van der Waals surface area contributed by atoms with Crippen LogP contribution < -0.4 is 0 Å². The summed E-state index contributed by atoms with van der Waals surface area (Å²) < 4.78 is 5.45. The lowest BCUT2D eigenvalue weighted by Crippen LogP contribution is -2.36. The molecule has 0 aliphatic carbocycles. The highest BCUT2D eigenvalue weighted by atomic mass is 16.6. The number of hydrogen-bond acceptors (Lipinski definition) is 3. The predicted molar refractivity (Wildman–Crippen MR) is 76.7 cm³/mol. The fraction of sp³-hybridized carbons (Fsp3) is 0.500. The molecule has 0 aromatic heterocycles. The second-order valence-corrected chi connectivity index (χ2v) is 6.12. The van der Waals surface area contributed by atoms with E-state index in [1.165, 1.54) is 0 Å². The topological polar surface area (TPSA) is 46.6 Å². The van der Waals surface area contributed by atoms with Crippen LogP contribution in [0.2, 0.25) is 0 Å². The van der Waals surface area contributed by atoms with E-state index >= 15 is 0 Å². The Balaban J connectivity index is 2.13. The summed E-state index contributed by atoms with van der Waals surface area (Å²) in [5, 5.41) is 0. The van der Waals surface area contributed by atoms with Crippen LogP contribution in [0.4, 0.5) is 4.79 Å². The molecule has 1 saturated heterocycles. The van der Waals surface area contributed by atoms with E-state index in [0.717, 1.165) is 31.2 Å². The van der Waals surface area contributed by atoms with Crippen LogP contribution in [0.1, 0.15) is 55.6 Å². The lowest BCUT2D eigenvalue weighted by Gasteiger charge is -2.28. The first kappa shape index (κ1) is 14.6. The Morgan fingerprint density at radius 3 is 2.50 bits per heavy atom. The number of hydrogen-bond donors (Lipinski definition) is 0. The van der Waals surface area contributed by atoms with E-state index in [2.05, 4.69) is 0 Å². The summed E-state index contributed by atoms with van der Waals surface area (Å²) in [6.45, 7) is 6.33. The summed E-state index contributed by atoms with van der Waals surface area (Å²) in [6.07, 6.45) is 2.46. The van der Waals surface area contributed by atoms with E-state index < -0.39 is 5.60 Å². The van der Waals surface area contributed by atoms with Crippen molar-refractivity contribution in [1.82, 2.24) is 4.90 Å². The summed E-state index contributed by atoms with van der Waals surface area (Å²) in [4.78, 5) is 24.7. The quantitative estimate of drug-likeness (QED) is 0.775. The van der Waals surface area contributed by atoms with Gasteiger partial charge in [-0.15, -0.1) is 0 Å². The van der Waals surface area contributed by atoms with Gasteiger partial charge in [0.2, 0.25) is 0 Å². The second-order valence-electron chi connectivity index (χ2n) is 6.12. The first-order valence-electron chi connectivity index (χ1n) is 6.95. The molecule has 0 N–H and O–H groups in total. The average molecular weight is 275 g/mol. The normalized spacial score (nSPS) is 18.9. The summed E-state index contributed by atoms with van der Waals surface area (Å²) in [7, 11) is 0. The van der Waals surface area contributed by atoms with Gasteiger partial charge in [0, 0.05) is 12.1 Å². The van der Waals surface area contributed by atoms with Gasteiger partial charge in [-0.25, -0.2) is 4.79 Å². The molecule has 1 amide bonds. The molecule has 1 aliphatic rings. The highest BCUT2D eigenvalue weighted by Gasteiger charge is 2.32. The van der Waals surface area contributed by atoms with Crippen molar-refractivity contribution in [3.63, 3.8) is 0 Å². The van der Waals surface area contributed by atoms with Crippen LogP contribution in [0.25, 0.3) is 0 Å². The van der Waals surface area contributed by atoms with E-state index in [0.29, 0.717) is 5.56 Å². The number of carbonyl (C=O) groups is 2. The Morgan fingerprint density at radius 2 is 1.95 bits per heavy atom. The number of likely N-dealkylation sites (tertiary alicyclic amines) is 1. The highest BCUT2D eigenvalue weighted by Crippen LogP contribution is 2.33. The molecule has 1 unspecified atom stereocenters. The van der Waals surface area contributed by atoms with Crippen molar-refractivity contribution in [2.45, 2.75) is 45.3 Å². The van der Waals surface area contributed by atoms with Crippen LogP contribution in [0.5, 0.6) is 0 Å². The number of nitrogens with zero attached hydrogens (tertiary/aromatic N) is 1. The van der Waals surface area contributed by atoms with Gasteiger partial charge in [0.25, 0.3) is 0 Å². The summed E-state index contributed by atoms with van der Waals surface area (Å²) >= 11 is 0. The molecule has 1 aliphatic heterocycles. The van der Waals surface area contributed by atoms with Crippen molar-refractivity contribution >= 4 is 12.4 Å². The van der Waals surface area contributed by atoms with Gasteiger partial charge >= 0.3 is 6.09 Å². The molecule has 1 fully saturated rings. The molecule has 4 heteroatoms. The summed E-state index contributed by atoms with van der Waals surface area (Å²) in [5.41, 5.74) is 1.22. The molecule has 1 heterocycles. The van der Waals surface area contributed by atoms with Crippen molar-refractivity contribution in [2.24, 2.45) is 0 Å². The van der Waals surface area contributed by atoms with Gasteiger partial charge in [0.15, 0.2) is 0 Å². The van der Waals surface area contributed by atoms with Crippen LogP contribution in [-0.2, 0) is 4.74 Å². The molecule has 0 saturated carbocycles. The molecule has 1 aromatic carbocycles. The van der Waals surface area contributed by atoms with Crippen LogP contribution in [-0.4, -0.2) is 29.4 Å². The third-order valence-electron chi connectivity index (χ3n) is 3.34. The Bertz CT molecular complexity index is 487. The van der Waals surface area contributed by atoms with Crippen LogP contribution in [0.15, 0.2) is 24.3 Å². The number of aldehydes is 1. The fourth-order valence-corrected chi connectivity index (χ4v) is 2.45. The van der Waals surface area contributed by atoms with E-state index in [9.17, 15) is 9.59 Å². The summed E-state index contributed by atoms with van der Waals surface area (Å²) in [6, 6.07) is 7.45. The number of amides is 1. The van der Waals surface area contributed by atoms with Gasteiger partial charge in [-0.1, -0.05) is 24.3 Å². The van der Waals surface area contributed by atoms with Crippen LogP contribution in [0.3, 0.4) is 0 Å². The minimum Gasteiger partial charge on any atom is -0.444 e. The van der Waals surface area contributed by atoms with E-state index in [4.69, 9.17) is 4.74 Å². The zero-order valence-electron chi connectivity index (χ0n) is 12.3. The van der Waals surface area contributed by atoms with Gasteiger partial charge in [-0.3, -0.25) is 4.79 Å². The Hall–Kier alpha value is -1.84. The lowest BCUT2D eigenvalue weighted by molar-refractivity contribution is 0.0224. The molecule has 20 heavy (non-hydrogen) atoms. The van der Waals surface area contributed by atoms with E-state index in [-0.39, 0.29) is 12.1 Å². The fourth-order valence-electron chi connectivity index (χ4n) is 2.45. The second kappa shape index (κ2) is 5.65. The zero-order valence-corrected chi connectivity index (χ0v) is 12.3. The van der Waals surface area contributed by atoms with Crippen LogP contribution in [0, 0.1) is 0 Å². The van der Waals surface area contributed by atoms with Crippen molar-refractivity contribution in [3.8, 4) is 0 Å². The number of carbonyl (C=O) groups excluding carboxylic acids is 2. The maximum Gasteiger partial charge on any atom is 0.410 e. The van der Waals surface area contributed by atoms with Crippen molar-refractivity contribution in [2.75, 3.05) is 6.54 Å². The largest absolute Gasteiger partial charge is 0.444 e. The summed E-state index contributed by atoms with van der Waals surface area (Å²) in [5.74, 6) is 0. The SMILES string of the molecule is CC(C)(C)OC(=O)N1CCCC1c1ccc(C=O)cc1. The van der Waals surface area contributed by atoms with Gasteiger partial charge in [-0.2, -0.15) is 0 Å². The van der Waals surface area contributed by atoms with Gasteiger partial charge < -0.3 is 9.64 Å². The first-order chi connectivity index (χ1) is 9.40. The van der Waals surface area contributed by atoms with Gasteiger partial charge in [-0.05, 0) is 39.2 Å². The molecule has 4 nitrogen and oxygen atoms in total. The third-order valence-corrected chi connectivity index (χ3v) is 3.34. The minimum absolute atomic E-state index is 0.0468. The van der Waals surface area contributed by atoms with Crippen molar-refractivity contribution in [3.05, 3.63) is 35.4 Å². The minimum atomic E-state index is -0.481. The monoisotopic (exact) mass is 275 g/mol. The highest BCUT2D eigenvalue weighted by molar-refractivity contribution is 5.74. The van der Waals surface area contributed by atoms with Gasteiger partial charge in [0.05, 0.1) is 6.04 Å². The maximum absolute atomic E-state index is 12.2. The number of rotatable bonds is 2. The van der Waals surface area contributed by atoms with E-state index in [1.807, 2.05) is 32.9 Å². The Morgan fingerprint density at radius 1 is 1.30 bits per heavy atom. The van der Waals surface area contributed by atoms with Crippen LogP contribution >= 0.6 is 0 Å². The molecule has 1 atom stereocenters. The molecule has 0 spiro atoms. The molecule has 0 bridgehead atoms. The Kier molecular flexibility index (Phi) is 4.12. The smallest absolute Gasteiger partial charge is 0.410 e. The molecular weight excluding hydrogens is 254 g/mol. The maximum atomic E-state index is 12.2. The number of benzene rings is 1. The standard InChI is InChI=1S/C16H21NO3/c1-16(2,3)20-15(19)17-10-4-5-14(17)13-8-6-12(11-18)7-9-13/h6-9,11,14H,4-5,10H2,1-3H3. The van der Waals surface area contributed by atoms with E-state index in [1.54, 1.807) is 17.0 Å². The predicted octanol–water partition coefficient (Wildman–Crippen LogP) is 3.57. The molecule has 108 valence electrons. The molecule has 2 rings (SSSR count). The third kappa shape index (κ3) is 3.38. The Labute approximate surface area is 119 Å². The molecular formula is C16H21NO3. The van der Waals surface area contributed by atoms with Crippen molar-refractivity contribution < 1.29 is 14.3 Å². The molecule has 0 radical (unpaired) electrons. The zero-order chi connectivity index (χ0) is 14.8. The van der Waals surface area contributed by atoms with Crippen molar-refractivity contribution in [1.29, 1.82) is 0 Å². The lowest BCUT2D eigenvalue weighted by atomic mass is 10.0.